The molecule has 1 aliphatic rings. The van der Waals surface area contributed by atoms with Crippen molar-refractivity contribution in [3.05, 3.63) is 42.1 Å². The van der Waals surface area contributed by atoms with Gasteiger partial charge in [-0.1, -0.05) is 0 Å². The van der Waals surface area contributed by atoms with Crippen molar-refractivity contribution in [1.82, 2.24) is 24.4 Å². The number of likely N-dealkylation sites (N-methyl/N-ethyl adjacent to an activating group) is 1. The predicted octanol–water partition coefficient (Wildman–Crippen LogP) is 2.61. The lowest BCUT2D eigenvalue weighted by molar-refractivity contribution is 0.222. The molecule has 1 aliphatic heterocycles. The number of aromatic nitrogens is 3. The van der Waals surface area contributed by atoms with Crippen LogP contribution in [0.4, 0.5) is 23.1 Å². The van der Waals surface area contributed by atoms with Gasteiger partial charge in [0, 0.05) is 37.5 Å². The molecule has 16 heteroatoms. The first kappa shape index (κ1) is 32.8. The monoisotopic (exact) mass is 651 g/mol. The molecule has 0 unspecified atom stereocenters. The molecule has 0 amide bonds. The molecule has 3 aromatic rings. The second-order valence-electron chi connectivity index (χ2n) is 11.1. The summed E-state index contributed by atoms with van der Waals surface area (Å²) in [6.07, 6.45) is 0. The molecule has 234 valence electrons. The summed E-state index contributed by atoms with van der Waals surface area (Å²) >= 11 is 0. The number of hydrogen-bond acceptors (Lipinski definition) is 12. The second-order valence-corrected chi connectivity index (χ2v) is 18.7. The summed E-state index contributed by atoms with van der Waals surface area (Å²) < 4.78 is 74.7. The number of aryl methyl sites for hydroxylation is 1. The Morgan fingerprint density at radius 3 is 2.16 bits per heavy atom. The SMILES string of the molecule is COc1cc(S(=O)(=O)N2CCN(C)CC2)ccc1N(c1nnc(C)c(N)n1)c1ccc(P(C)(C)=O)cc1S(=O)(=O)C(C)C. The molecule has 1 aromatic heterocycles. The first-order valence-electron chi connectivity index (χ1n) is 13.6. The van der Waals surface area contributed by atoms with Crippen LogP contribution in [0.1, 0.15) is 19.5 Å². The largest absolute Gasteiger partial charge is 0.495 e. The zero-order valence-electron chi connectivity index (χ0n) is 25.3. The maximum atomic E-state index is 13.7. The number of hydrogen-bond donors (Lipinski definition) is 1. The molecule has 0 saturated carbocycles. The van der Waals surface area contributed by atoms with Gasteiger partial charge in [0.2, 0.25) is 10.0 Å². The molecule has 0 bridgehead atoms. The summed E-state index contributed by atoms with van der Waals surface area (Å²) in [6.45, 7) is 9.74. The highest BCUT2D eigenvalue weighted by molar-refractivity contribution is 7.92. The molecule has 0 spiro atoms. The van der Waals surface area contributed by atoms with Crippen LogP contribution in [0.25, 0.3) is 0 Å². The average Bonchev–Trinajstić information content (AvgIpc) is 2.94. The molecule has 2 N–H and O–H groups in total. The summed E-state index contributed by atoms with van der Waals surface area (Å²) in [5.74, 6) is 0.117. The quantitative estimate of drug-likeness (QED) is 0.336. The zero-order valence-corrected chi connectivity index (χ0v) is 27.9. The van der Waals surface area contributed by atoms with E-state index in [4.69, 9.17) is 10.5 Å². The van der Waals surface area contributed by atoms with Gasteiger partial charge in [0.1, 0.15) is 18.6 Å². The second kappa shape index (κ2) is 12.1. The number of nitrogens with zero attached hydrogens (tertiary/aromatic N) is 6. The minimum absolute atomic E-state index is 0.0170. The van der Waals surface area contributed by atoms with Crippen molar-refractivity contribution in [3.63, 3.8) is 0 Å². The van der Waals surface area contributed by atoms with Gasteiger partial charge in [-0.3, -0.25) is 4.90 Å². The van der Waals surface area contributed by atoms with Crippen molar-refractivity contribution in [2.45, 2.75) is 35.8 Å². The number of nitrogen functional groups attached to an aromatic ring is 1. The van der Waals surface area contributed by atoms with Crippen LogP contribution in [0.5, 0.6) is 5.75 Å². The Labute approximate surface area is 253 Å². The highest BCUT2D eigenvalue weighted by Gasteiger charge is 2.33. The van der Waals surface area contributed by atoms with Gasteiger partial charge in [-0.05, 0) is 71.5 Å². The van der Waals surface area contributed by atoms with E-state index in [1.54, 1.807) is 40.2 Å². The lowest BCUT2D eigenvalue weighted by Gasteiger charge is -2.32. The molecule has 4 rings (SSSR count). The Morgan fingerprint density at radius 2 is 1.60 bits per heavy atom. The Balaban J connectivity index is 1.99. The molecule has 2 heterocycles. The minimum atomic E-state index is -3.96. The maximum absolute atomic E-state index is 13.7. The number of sulfone groups is 1. The molecule has 2 aromatic carbocycles. The third-order valence-corrected chi connectivity index (χ3v) is 12.9. The van der Waals surface area contributed by atoms with Gasteiger partial charge in [-0.25, -0.2) is 16.8 Å². The Hall–Kier alpha value is -3.10. The average molecular weight is 652 g/mol. The molecule has 13 nitrogen and oxygen atoms in total. The van der Waals surface area contributed by atoms with Gasteiger partial charge in [0.15, 0.2) is 15.7 Å². The van der Waals surface area contributed by atoms with E-state index in [2.05, 4.69) is 20.1 Å². The molecule has 0 radical (unpaired) electrons. The number of benzene rings is 2. The molecule has 1 fully saturated rings. The Bertz CT molecular complexity index is 1790. The van der Waals surface area contributed by atoms with E-state index in [9.17, 15) is 21.4 Å². The standard InChI is InChI=1S/C27H38N7O6PS2/c1-18(2)42(36,37)25-16-20(41(6,7)35)8-10-23(25)34(27-29-26(28)19(3)30-31-27)22-11-9-21(17-24(22)40-5)43(38,39)33-14-12-32(4)13-15-33/h8-11,16-18H,12-15H2,1-7H3,(H2,28,29,31). The molecule has 43 heavy (non-hydrogen) atoms. The molecule has 0 aliphatic carbocycles. The van der Waals surface area contributed by atoms with Gasteiger partial charge >= 0.3 is 0 Å². The van der Waals surface area contributed by atoms with Crippen LogP contribution < -0.4 is 20.7 Å². The van der Waals surface area contributed by atoms with Crippen LogP contribution in [-0.2, 0) is 24.4 Å². The van der Waals surface area contributed by atoms with Crippen LogP contribution in [0.3, 0.4) is 0 Å². The van der Waals surface area contributed by atoms with Crippen molar-refractivity contribution in [2.75, 3.05) is 64.3 Å². The number of piperazine rings is 1. The number of ether oxygens (including phenoxy) is 1. The van der Waals surface area contributed by atoms with Crippen LogP contribution in [0.2, 0.25) is 0 Å². The maximum Gasteiger partial charge on any atom is 0.256 e. The van der Waals surface area contributed by atoms with Crippen LogP contribution in [0.15, 0.2) is 46.2 Å². The lowest BCUT2D eigenvalue weighted by atomic mass is 10.2. The van der Waals surface area contributed by atoms with Gasteiger partial charge in [-0.2, -0.15) is 9.29 Å². The van der Waals surface area contributed by atoms with Crippen molar-refractivity contribution in [3.8, 4) is 5.75 Å². The topological polar surface area (TPSA) is 169 Å². The first-order valence-corrected chi connectivity index (χ1v) is 19.1. The summed E-state index contributed by atoms with van der Waals surface area (Å²) in [5, 5.41) is 7.85. The van der Waals surface area contributed by atoms with Crippen molar-refractivity contribution < 1.29 is 26.1 Å². The van der Waals surface area contributed by atoms with E-state index >= 15 is 0 Å². The van der Waals surface area contributed by atoms with Gasteiger partial charge in [-0.15, -0.1) is 10.2 Å². The lowest BCUT2D eigenvalue weighted by Crippen LogP contribution is -2.47. The fourth-order valence-corrected chi connectivity index (χ4v) is 8.16. The van der Waals surface area contributed by atoms with Crippen LogP contribution in [-0.4, -0.2) is 100 Å². The third-order valence-electron chi connectivity index (χ3n) is 7.31. The fraction of sp³-hybridized carbons (Fsp3) is 0.444. The highest BCUT2D eigenvalue weighted by Crippen LogP contribution is 2.44. The molecule has 0 atom stereocenters. The third kappa shape index (κ3) is 6.55. The van der Waals surface area contributed by atoms with Crippen molar-refractivity contribution in [1.29, 1.82) is 0 Å². The van der Waals surface area contributed by atoms with E-state index < -0.39 is 32.3 Å². The van der Waals surface area contributed by atoms with E-state index in [0.29, 0.717) is 37.2 Å². The van der Waals surface area contributed by atoms with Crippen molar-refractivity contribution >= 4 is 55.4 Å². The van der Waals surface area contributed by atoms with Crippen LogP contribution >= 0.6 is 7.14 Å². The van der Waals surface area contributed by atoms with E-state index in [-0.39, 0.29) is 38.7 Å². The van der Waals surface area contributed by atoms with Gasteiger partial charge in [0.05, 0.1) is 33.5 Å². The molecule has 1 saturated heterocycles. The van der Waals surface area contributed by atoms with Crippen LogP contribution in [0, 0.1) is 6.92 Å². The number of sulfonamides is 1. The number of nitrogens with two attached hydrogens (primary N) is 1. The fourth-order valence-electron chi connectivity index (χ4n) is 4.51. The Kier molecular flexibility index (Phi) is 9.25. The molecular formula is C27H38N7O6PS2. The Morgan fingerprint density at radius 1 is 0.977 bits per heavy atom. The van der Waals surface area contributed by atoms with E-state index in [1.807, 2.05) is 7.05 Å². The number of rotatable bonds is 9. The summed E-state index contributed by atoms with van der Waals surface area (Å²) in [4.78, 5) is 7.75. The normalized spacial score (nSPS) is 15.5. The summed E-state index contributed by atoms with van der Waals surface area (Å²) in [6, 6.07) is 8.84. The highest BCUT2D eigenvalue weighted by atomic mass is 32.2. The summed E-state index contributed by atoms with van der Waals surface area (Å²) in [7, 11) is -7.35. The van der Waals surface area contributed by atoms with E-state index in [0.717, 1.165) is 0 Å². The van der Waals surface area contributed by atoms with E-state index in [1.165, 1.54) is 46.6 Å². The predicted molar refractivity (Wildman–Crippen MR) is 168 cm³/mol. The molecular weight excluding hydrogens is 613 g/mol. The number of methoxy groups -OCH3 is 1. The minimum Gasteiger partial charge on any atom is -0.495 e. The van der Waals surface area contributed by atoms with Gasteiger partial charge < -0.3 is 19.9 Å². The summed E-state index contributed by atoms with van der Waals surface area (Å²) in [5.41, 5.74) is 6.84. The first-order chi connectivity index (χ1) is 20.0. The number of anilines is 4. The zero-order chi connectivity index (χ0) is 31.9. The smallest absolute Gasteiger partial charge is 0.256 e. The van der Waals surface area contributed by atoms with Crippen molar-refractivity contribution in [2.24, 2.45) is 0 Å². The van der Waals surface area contributed by atoms with Gasteiger partial charge in [0.25, 0.3) is 5.95 Å².